The first-order valence-corrected chi connectivity index (χ1v) is 5.31. The van der Waals surface area contributed by atoms with Crippen LogP contribution in [-0.4, -0.2) is 7.11 Å². The van der Waals surface area contributed by atoms with Crippen molar-refractivity contribution in [3.05, 3.63) is 35.0 Å². The monoisotopic (exact) mass is 203 g/mol. The molecule has 0 atom stereocenters. The minimum atomic E-state index is 0.927. The van der Waals surface area contributed by atoms with Crippen molar-refractivity contribution in [1.82, 2.24) is 0 Å². The molecule has 2 nitrogen and oxygen atoms in total. The Bertz CT molecular complexity index is 421. The van der Waals surface area contributed by atoms with Crippen LogP contribution in [0.3, 0.4) is 0 Å². The van der Waals surface area contributed by atoms with Crippen LogP contribution in [-0.2, 0) is 12.8 Å². The van der Waals surface area contributed by atoms with E-state index in [-0.39, 0.29) is 0 Å². The number of rotatable bonds is 2. The molecule has 0 fully saturated rings. The van der Waals surface area contributed by atoms with Gasteiger partial charge in [0.15, 0.2) is 0 Å². The number of aryl methyl sites for hydroxylation is 1. The van der Waals surface area contributed by atoms with Gasteiger partial charge >= 0.3 is 0 Å². The van der Waals surface area contributed by atoms with E-state index in [1.165, 1.54) is 22.4 Å². The maximum atomic E-state index is 5.42. The molecule has 1 aromatic rings. The topological polar surface area (TPSA) is 21.3 Å². The van der Waals surface area contributed by atoms with Gasteiger partial charge in [-0.05, 0) is 36.1 Å². The normalized spacial score (nSPS) is 13.7. The van der Waals surface area contributed by atoms with Gasteiger partial charge in [0.25, 0.3) is 0 Å². The molecule has 1 heterocycles. The van der Waals surface area contributed by atoms with Crippen molar-refractivity contribution in [3.8, 4) is 5.75 Å². The summed E-state index contributed by atoms with van der Waals surface area (Å²) in [7, 11) is 1.73. The minimum absolute atomic E-state index is 0.927. The first-order valence-electron chi connectivity index (χ1n) is 5.31. The molecule has 0 unspecified atom stereocenters. The molecule has 0 aromatic heterocycles. The second kappa shape index (κ2) is 3.61. The van der Waals surface area contributed by atoms with Crippen molar-refractivity contribution >= 4 is 5.69 Å². The van der Waals surface area contributed by atoms with E-state index in [4.69, 9.17) is 4.74 Å². The van der Waals surface area contributed by atoms with Gasteiger partial charge in [0.1, 0.15) is 5.75 Å². The van der Waals surface area contributed by atoms with Crippen LogP contribution in [0.15, 0.2) is 18.3 Å². The fourth-order valence-electron chi connectivity index (χ4n) is 2.27. The third kappa shape index (κ3) is 1.50. The van der Waals surface area contributed by atoms with E-state index in [0.717, 1.165) is 24.3 Å². The summed E-state index contributed by atoms with van der Waals surface area (Å²) in [5.74, 6) is 1.00. The number of hydrogen-bond donors (Lipinski definition) is 1. The van der Waals surface area contributed by atoms with Gasteiger partial charge in [-0.3, -0.25) is 0 Å². The molecule has 0 radical (unpaired) electrons. The van der Waals surface area contributed by atoms with Gasteiger partial charge < -0.3 is 10.1 Å². The Kier molecular flexibility index (Phi) is 2.43. The van der Waals surface area contributed by atoms with Gasteiger partial charge in [-0.2, -0.15) is 0 Å². The Morgan fingerprint density at radius 2 is 2.27 bits per heavy atom. The molecular weight excluding hydrogens is 186 g/mol. The zero-order chi connectivity index (χ0) is 11.0. The molecule has 0 aliphatic carbocycles. The number of nitrogens with one attached hydrogen (secondary N) is 1. The molecule has 0 amide bonds. The van der Waals surface area contributed by atoms with Crippen molar-refractivity contribution in [3.63, 3.8) is 0 Å². The van der Waals surface area contributed by atoms with Crippen LogP contribution in [0.25, 0.3) is 0 Å². The first kappa shape index (κ1) is 10.1. The molecule has 2 heteroatoms. The average Bonchev–Trinajstić information content (AvgIpc) is 2.60. The molecule has 0 saturated carbocycles. The van der Waals surface area contributed by atoms with E-state index in [1.54, 1.807) is 7.11 Å². The molecule has 80 valence electrons. The summed E-state index contributed by atoms with van der Waals surface area (Å²) < 4.78 is 5.42. The van der Waals surface area contributed by atoms with Crippen LogP contribution in [0.1, 0.15) is 23.6 Å². The Labute approximate surface area is 91.0 Å². The molecule has 0 spiro atoms. The van der Waals surface area contributed by atoms with E-state index in [0.29, 0.717) is 0 Å². The van der Waals surface area contributed by atoms with Crippen molar-refractivity contribution in [2.75, 3.05) is 12.4 Å². The number of hydrogen-bond acceptors (Lipinski definition) is 2. The van der Waals surface area contributed by atoms with E-state index >= 15 is 0 Å². The van der Waals surface area contributed by atoms with Gasteiger partial charge in [0.2, 0.25) is 0 Å². The maximum absolute atomic E-state index is 5.42. The quantitative estimate of drug-likeness (QED) is 0.797. The molecule has 1 N–H and O–H groups in total. The Morgan fingerprint density at radius 3 is 2.87 bits per heavy atom. The number of benzene rings is 1. The maximum Gasteiger partial charge on any atom is 0.122 e. The predicted octanol–water partition coefficient (Wildman–Crippen LogP) is 3.05. The van der Waals surface area contributed by atoms with Crippen molar-refractivity contribution < 1.29 is 4.74 Å². The van der Waals surface area contributed by atoms with Crippen molar-refractivity contribution in [2.24, 2.45) is 0 Å². The number of methoxy groups -OCH3 is 1. The zero-order valence-corrected chi connectivity index (χ0v) is 9.61. The minimum Gasteiger partial charge on any atom is -0.496 e. The SMILES string of the molecule is C=C1Cc2c(CC)c(OC)cc(C)c2N1. The van der Waals surface area contributed by atoms with Crippen LogP contribution in [0.2, 0.25) is 0 Å². The summed E-state index contributed by atoms with van der Waals surface area (Å²) in [6, 6.07) is 2.10. The fourth-order valence-corrected chi connectivity index (χ4v) is 2.27. The van der Waals surface area contributed by atoms with Crippen LogP contribution in [0.5, 0.6) is 5.75 Å². The summed E-state index contributed by atoms with van der Waals surface area (Å²) in [5, 5.41) is 3.34. The standard InChI is InChI=1S/C13H17NO/c1-5-10-11-7-9(3)14-13(11)8(2)6-12(10)15-4/h6,14H,3,5,7H2,1-2,4H3. The van der Waals surface area contributed by atoms with Crippen LogP contribution < -0.4 is 10.1 Å². The molecular formula is C13H17NO. The number of ether oxygens (including phenoxy) is 1. The number of anilines is 1. The summed E-state index contributed by atoms with van der Waals surface area (Å²) in [4.78, 5) is 0. The van der Waals surface area contributed by atoms with Crippen molar-refractivity contribution in [2.45, 2.75) is 26.7 Å². The summed E-state index contributed by atoms with van der Waals surface area (Å²) in [6.45, 7) is 8.25. The third-order valence-electron chi connectivity index (χ3n) is 2.97. The van der Waals surface area contributed by atoms with E-state index < -0.39 is 0 Å². The lowest BCUT2D eigenvalue weighted by molar-refractivity contribution is 0.409. The molecule has 2 rings (SSSR count). The van der Waals surface area contributed by atoms with Gasteiger partial charge in [-0.1, -0.05) is 13.5 Å². The second-order valence-corrected chi connectivity index (χ2v) is 3.99. The lowest BCUT2D eigenvalue weighted by atomic mass is 9.98. The Balaban J connectivity index is 2.64. The summed E-state index contributed by atoms with van der Waals surface area (Å²) >= 11 is 0. The van der Waals surface area contributed by atoms with E-state index in [2.05, 4.69) is 31.8 Å². The lowest BCUT2D eigenvalue weighted by Gasteiger charge is -2.13. The molecule has 0 bridgehead atoms. The molecule has 1 aromatic carbocycles. The van der Waals surface area contributed by atoms with Gasteiger partial charge in [0, 0.05) is 17.8 Å². The summed E-state index contributed by atoms with van der Waals surface area (Å²) in [5.41, 5.74) is 6.22. The largest absolute Gasteiger partial charge is 0.496 e. The highest BCUT2D eigenvalue weighted by molar-refractivity contribution is 5.71. The van der Waals surface area contributed by atoms with Crippen LogP contribution in [0.4, 0.5) is 5.69 Å². The fraction of sp³-hybridized carbons (Fsp3) is 0.385. The van der Waals surface area contributed by atoms with Gasteiger partial charge in [0.05, 0.1) is 7.11 Å². The smallest absolute Gasteiger partial charge is 0.122 e. The van der Waals surface area contributed by atoms with Crippen LogP contribution >= 0.6 is 0 Å². The zero-order valence-electron chi connectivity index (χ0n) is 9.61. The lowest BCUT2D eigenvalue weighted by Crippen LogP contribution is -1.97. The number of fused-ring (bicyclic) bond motifs is 1. The molecule has 1 aliphatic heterocycles. The third-order valence-corrected chi connectivity index (χ3v) is 2.97. The Hall–Kier alpha value is -1.44. The average molecular weight is 203 g/mol. The number of allylic oxidation sites excluding steroid dienone is 1. The summed E-state index contributed by atoms with van der Waals surface area (Å²) in [6.07, 6.45) is 1.93. The Morgan fingerprint density at radius 1 is 1.53 bits per heavy atom. The highest BCUT2D eigenvalue weighted by Crippen LogP contribution is 2.38. The first-order chi connectivity index (χ1) is 7.17. The predicted molar refractivity (Wildman–Crippen MR) is 63.6 cm³/mol. The second-order valence-electron chi connectivity index (χ2n) is 3.99. The highest BCUT2D eigenvalue weighted by Gasteiger charge is 2.21. The molecule has 0 saturated heterocycles. The van der Waals surface area contributed by atoms with Gasteiger partial charge in [-0.15, -0.1) is 0 Å². The van der Waals surface area contributed by atoms with E-state index in [1.807, 2.05) is 0 Å². The molecule has 15 heavy (non-hydrogen) atoms. The van der Waals surface area contributed by atoms with Crippen molar-refractivity contribution in [1.29, 1.82) is 0 Å². The molecule has 1 aliphatic rings. The highest BCUT2D eigenvalue weighted by atomic mass is 16.5. The van der Waals surface area contributed by atoms with Gasteiger partial charge in [-0.25, -0.2) is 0 Å². The van der Waals surface area contributed by atoms with Crippen LogP contribution in [0, 0.1) is 6.92 Å². The van der Waals surface area contributed by atoms with E-state index in [9.17, 15) is 0 Å².